The Hall–Kier alpha value is -2.90. The van der Waals surface area contributed by atoms with Crippen LogP contribution in [-0.4, -0.2) is 26.2 Å². The van der Waals surface area contributed by atoms with Crippen LogP contribution in [0.25, 0.3) is 11.6 Å². The second kappa shape index (κ2) is 7.38. The van der Waals surface area contributed by atoms with Gasteiger partial charge in [-0.2, -0.15) is 10.1 Å². The molecule has 6 nitrogen and oxygen atoms in total. The Morgan fingerprint density at radius 1 is 1.26 bits per heavy atom. The van der Waals surface area contributed by atoms with Gasteiger partial charge in [0.25, 0.3) is 12.3 Å². The zero-order valence-corrected chi connectivity index (χ0v) is 15.3. The van der Waals surface area contributed by atoms with E-state index in [1.54, 1.807) is 12.1 Å². The lowest BCUT2D eigenvalue weighted by Gasteiger charge is -2.13. The third-order valence-electron chi connectivity index (χ3n) is 4.57. The van der Waals surface area contributed by atoms with Crippen LogP contribution in [0.3, 0.4) is 0 Å². The Morgan fingerprint density at radius 3 is 2.56 bits per heavy atom. The summed E-state index contributed by atoms with van der Waals surface area (Å²) < 4.78 is 32.2. The van der Waals surface area contributed by atoms with Crippen LogP contribution in [0, 0.1) is 0 Å². The first-order valence-electron chi connectivity index (χ1n) is 8.76. The van der Waals surface area contributed by atoms with E-state index in [0.717, 1.165) is 29.4 Å². The van der Waals surface area contributed by atoms with E-state index in [2.05, 4.69) is 15.2 Å². The highest BCUT2D eigenvalue weighted by molar-refractivity contribution is 5.79. The molecule has 1 fully saturated rings. The zero-order chi connectivity index (χ0) is 19.6. The highest BCUT2D eigenvalue weighted by Crippen LogP contribution is 2.53. The normalized spacial score (nSPS) is 14.6. The molecular weight excluding hydrogens is 354 g/mol. The van der Waals surface area contributed by atoms with Crippen molar-refractivity contribution in [1.82, 2.24) is 19.9 Å². The molecule has 2 heterocycles. The van der Waals surface area contributed by atoms with Crippen molar-refractivity contribution in [3.05, 3.63) is 53.0 Å². The number of nitrogens with zero attached hydrogens (tertiary/aromatic N) is 4. The van der Waals surface area contributed by atoms with Gasteiger partial charge in [0.2, 0.25) is 0 Å². The van der Waals surface area contributed by atoms with E-state index in [0.29, 0.717) is 11.4 Å². The van der Waals surface area contributed by atoms with Gasteiger partial charge in [-0.3, -0.25) is 9.48 Å². The molecule has 4 rings (SSSR count). The largest absolute Gasteiger partial charge is 0.332 e. The van der Waals surface area contributed by atoms with Crippen LogP contribution in [0.15, 0.2) is 34.9 Å². The number of carbonyl (C=O) groups is 1. The van der Waals surface area contributed by atoms with Crippen LogP contribution in [0.2, 0.25) is 0 Å². The number of alkyl halides is 2. The molecule has 0 radical (unpaired) electrons. The third-order valence-corrected chi connectivity index (χ3v) is 4.57. The lowest BCUT2D eigenvalue weighted by atomic mass is 9.91. The summed E-state index contributed by atoms with van der Waals surface area (Å²) in [5.74, 6) is 0.536. The van der Waals surface area contributed by atoms with E-state index in [1.807, 2.05) is 26.0 Å². The maximum absolute atomic E-state index is 12.9. The first-order valence-corrected chi connectivity index (χ1v) is 8.76. The molecule has 0 unspecified atom stereocenters. The van der Waals surface area contributed by atoms with Crippen molar-refractivity contribution in [1.29, 1.82) is 0 Å². The molecule has 1 aromatic carbocycles. The molecule has 0 atom stereocenters. The molecule has 0 N–H and O–H groups in total. The van der Waals surface area contributed by atoms with Crippen molar-refractivity contribution in [2.24, 2.45) is 7.05 Å². The number of benzene rings is 1. The molecule has 2 aromatic heterocycles. The third kappa shape index (κ3) is 3.27. The summed E-state index contributed by atoms with van der Waals surface area (Å²) in [5.41, 5.74) is 0.966. The lowest BCUT2D eigenvalue weighted by molar-refractivity contribution is 0.112. The number of halogens is 2. The molecule has 27 heavy (non-hydrogen) atoms. The van der Waals surface area contributed by atoms with Gasteiger partial charge in [-0.05, 0) is 24.5 Å². The van der Waals surface area contributed by atoms with E-state index < -0.39 is 11.8 Å². The summed E-state index contributed by atoms with van der Waals surface area (Å²) in [5, 5.41) is 8.03. The molecule has 142 valence electrons. The number of rotatable bonds is 5. The number of aldehydes is 1. The number of aryl methyl sites for hydroxylation is 1. The van der Waals surface area contributed by atoms with E-state index in [4.69, 9.17) is 4.52 Å². The lowest BCUT2D eigenvalue weighted by Crippen LogP contribution is -2.13. The fourth-order valence-corrected chi connectivity index (χ4v) is 3.09. The van der Waals surface area contributed by atoms with Crippen molar-refractivity contribution in [3.63, 3.8) is 0 Å². The van der Waals surface area contributed by atoms with Crippen molar-refractivity contribution < 1.29 is 18.1 Å². The molecule has 3 aromatic rings. The summed E-state index contributed by atoms with van der Waals surface area (Å²) in [6, 6.07) is 8.52. The van der Waals surface area contributed by atoms with Crippen molar-refractivity contribution >= 4 is 6.29 Å². The zero-order valence-electron chi connectivity index (χ0n) is 15.3. The van der Waals surface area contributed by atoms with Gasteiger partial charge in [0.1, 0.15) is 12.0 Å². The van der Waals surface area contributed by atoms with Gasteiger partial charge in [0, 0.05) is 12.6 Å². The fraction of sp³-hybridized carbons (Fsp3) is 0.368. The Bertz CT molecular complexity index is 945. The minimum Gasteiger partial charge on any atom is -0.332 e. The SMILES string of the molecule is CC.Cn1nc(-c2nc(C3(c4ccccc4C=O)CC3)no2)cc1C(F)F. The molecule has 0 saturated heterocycles. The van der Waals surface area contributed by atoms with E-state index in [1.165, 1.54) is 13.1 Å². The minimum atomic E-state index is -2.64. The van der Waals surface area contributed by atoms with Crippen LogP contribution < -0.4 is 0 Å². The first-order chi connectivity index (χ1) is 13.0. The first kappa shape index (κ1) is 18.9. The topological polar surface area (TPSA) is 73.8 Å². The van der Waals surface area contributed by atoms with Gasteiger partial charge >= 0.3 is 0 Å². The highest BCUT2D eigenvalue weighted by Gasteiger charge is 2.51. The van der Waals surface area contributed by atoms with Crippen LogP contribution in [0.1, 0.15) is 60.6 Å². The van der Waals surface area contributed by atoms with Gasteiger partial charge in [0.05, 0.1) is 5.41 Å². The van der Waals surface area contributed by atoms with E-state index >= 15 is 0 Å². The molecule has 0 aliphatic heterocycles. The number of carbonyl (C=O) groups excluding carboxylic acids is 1. The summed E-state index contributed by atoms with van der Waals surface area (Å²) in [4.78, 5) is 15.7. The predicted octanol–water partition coefficient (Wildman–Crippen LogP) is 4.33. The molecule has 8 heteroatoms. The van der Waals surface area contributed by atoms with Crippen molar-refractivity contribution in [2.75, 3.05) is 0 Å². The standard InChI is InChI=1S/C17H14F2N4O2.C2H6/c1-23-13(14(18)19)8-12(21-23)15-20-16(22-25-15)17(6-7-17)11-5-3-2-4-10(11)9-24;1-2/h2-5,8-9,14H,6-7H2,1H3;1-2H3. The smallest absolute Gasteiger partial charge is 0.280 e. The van der Waals surface area contributed by atoms with Crippen LogP contribution in [0.5, 0.6) is 0 Å². The maximum Gasteiger partial charge on any atom is 0.280 e. The van der Waals surface area contributed by atoms with Crippen LogP contribution >= 0.6 is 0 Å². The van der Waals surface area contributed by atoms with Gasteiger partial charge in [-0.15, -0.1) is 0 Å². The summed E-state index contributed by atoms with van der Waals surface area (Å²) in [6.07, 6.45) is -0.241. The quantitative estimate of drug-likeness (QED) is 0.622. The highest BCUT2D eigenvalue weighted by atomic mass is 19.3. The van der Waals surface area contributed by atoms with Crippen LogP contribution in [0.4, 0.5) is 8.78 Å². The second-order valence-corrected chi connectivity index (χ2v) is 6.09. The predicted molar refractivity (Wildman–Crippen MR) is 94.6 cm³/mol. The van der Waals surface area contributed by atoms with Crippen LogP contribution in [-0.2, 0) is 12.5 Å². The van der Waals surface area contributed by atoms with Gasteiger partial charge < -0.3 is 4.52 Å². The molecule has 0 amide bonds. The number of hydrogen-bond donors (Lipinski definition) is 0. The Labute approximate surface area is 155 Å². The average molecular weight is 374 g/mol. The summed E-state index contributed by atoms with van der Waals surface area (Å²) in [7, 11) is 1.44. The van der Waals surface area contributed by atoms with Crippen molar-refractivity contribution in [3.8, 4) is 11.6 Å². The molecule has 0 bridgehead atoms. The Morgan fingerprint density at radius 2 is 1.96 bits per heavy atom. The Balaban J connectivity index is 0.00000102. The summed E-state index contributed by atoms with van der Waals surface area (Å²) in [6.45, 7) is 4.00. The number of aromatic nitrogens is 4. The minimum absolute atomic E-state index is 0.0901. The van der Waals surface area contributed by atoms with Gasteiger partial charge in [-0.1, -0.05) is 43.3 Å². The van der Waals surface area contributed by atoms with Gasteiger partial charge in [-0.25, -0.2) is 8.78 Å². The van der Waals surface area contributed by atoms with Crippen molar-refractivity contribution in [2.45, 2.75) is 38.5 Å². The molecule has 1 aliphatic carbocycles. The molecular formula is C19H20F2N4O2. The average Bonchev–Trinajstić information content (AvgIpc) is 3.16. The Kier molecular flexibility index (Phi) is 5.16. The van der Waals surface area contributed by atoms with E-state index in [9.17, 15) is 13.6 Å². The molecule has 0 spiro atoms. The maximum atomic E-state index is 12.9. The summed E-state index contributed by atoms with van der Waals surface area (Å²) >= 11 is 0. The number of hydrogen-bond acceptors (Lipinski definition) is 5. The molecule has 1 saturated carbocycles. The van der Waals surface area contributed by atoms with E-state index in [-0.39, 0.29) is 17.3 Å². The van der Waals surface area contributed by atoms with Gasteiger partial charge in [0.15, 0.2) is 11.5 Å². The fourth-order valence-electron chi connectivity index (χ4n) is 3.09. The monoisotopic (exact) mass is 374 g/mol. The second-order valence-electron chi connectivity index (χ2n) is 6.09. The molecule has 1 aliphatic rings.